The van der Waals surface area contributed by atoms with E-state index in [9.17, 15) is 0 Å². The van der Waals surface area contributed by atoms with E-state index in [0.717, 1.165) is 28.1 Å². The third kappa shape index (κ3) is 2.63. The van der Waals surface area contributed by atoms with Gasteiger partial charge in [-0.25, -0.2) is 0 Å². The molecule has 100 valence electrons. The molecule has 0 radical (unpaired) electrons. The van der Waals surface area contributed by atoms with Crippen LogP contribution in [0.3, 0.4) is 0 Å². The molecule has 0 aliphatic heterocycles. The SMILES string of the molecule is Cc1ccc(Oc2ccc3nc(CN)ccc3c2)cc1. The summed E-state index contributed by atoms with van der Waals surface area (Å²) >= 11 is 0. The second-order valence-corrected chi connectivity index (χ2v) is 4.78. The van der Waals surface area contributed by atoms with Crippen LogP contribution in [0.5, 0.6) is 11.5 Å². The van der Waals surface area contributed by atoms with Crippen LogP contribution >= 0.6 is 0 Å². The van der Waals surface area contributed by atoms with E-state index >= 15 is 0 Å². The first-order chi connectivity index (χ1) is 9.74. The van der Waals surface area contributed by atoms with E-state index in [1.54, 1.807) is 0 Å². The summed E-state index contributed by atoms with van der Waals surface area (Å²) in [6.45, 7) is 2.51. The van der Waals surface area contributed by atoms with Crippen LogP contribution in [0.4, 0.5) is 0 Å². The number of rotatable bonds is 3. The minimum Gasteiger partial charge on any atom is -0.457 e. The summed E-state index contributed by atoms with van der Waals surface area (Å²) in [7, 11) is 0. The van der Waals surface area contributed by atoms with Crippen LogP contribution in [0.2, 0.25) is 0 Å². The van der Waals surface area contributed by atoms with Crippen molar-refractivity contribution in [1.82, 2.24) is 4.98 Å². The number of hydrogen-bond acceptors (Lipinski definition) is 3. The molecule has 0 bridgehead atoms. The molecule has 2 aromatic carbocycles. The molecule has 20 heavy (non-hydrogen) atoms. The first-order valence-electron chi connectivity index (χ1n) is 6.59. The summed E-state index contributed by atoms with van der Waals surface area (Å²) < 4.78 is 5.85. The highest BCUT2D eigenvalue weighted by molar-refractivity contribution is 5.80. The molecule has 1 aromatic heterocycles. The molecule has 0 amide bonds. The second kappa shape index (κ2) is 5.31. The number of nitrogens with zero attached hydrogens (tertiary/aromatic N) is 1. The third-order valence-corrected chi connectivity index (χ3v) is 3.18. The molecule has 0 atom stereocenters. The van der Waals surface area contributed by atoms with Crippen molar-refractivity contribution in [2.75, 3.05) is 0 Å². The van der Waals surface area contributed by atoms with Gasteiger partial charge in [-0.2, -0.15) is 0 Å². The fraction of sp³-hybridized carbons (Fsp3) is 0.118. The number of pyridine rings is 1. The highest BCUT2D eigenvalue weighted by atomic mass is 16.5. The third-order valence-electron chi connectivity index (χ3n) is 3.18. The molecule has 3 aromatic rings. The van der Waals surface area contributed by atoms with E-state index in [0.29, 0.717) is 6.54 Å². The van der Waals surface area contributed by atoms with Gasteiger partial charge < -0.3 is 10.5 Å². The molecule has 0 fully saturated rings. The normalized spacial score (nSPS) is 10.7. The van der Waals surface area contributed by atoms with E-state index in [4.69, 9.17) is 10.5 Å². The summed E-state index contributed by atoms with van der Waals surface area (Å²) in [5, 5.41) is 1.05. The second-order valence-electron chi connectivity index (χ2n) is 4.78. The van der Waals surface area contributed by atoms with E-state index < -0.39 is 0 Å². The van der Waals surface area contributed by atoms with Gasteiger partial charge in [0.2, 0.25) is 0 Å². The maximum Gasteiger partial charge on any atom is 0.128 e. The van der Waals surface area contributed by atoms with Gasteiger partial charge in [-0.05, 0) is 43.3 Å². The number of nitrogens with two attached hydrogens (primary N) is 1. The van der Waals surface area contributed by atoms with Gasteiger partial charge in [-0.1, -0.05) is 23.8 Å². The summed E-state index contributed by atoms with van der Waals surface area (Å²) in [5.74, 6) is 1.64. The zero-order valence-corrected chi connectivity index (χ0v) is 11.3. The fourth-order valence-corrected chi connectivity index (χ4v) is 2.07. The Labute approximate surface area is 118 Å². The standard InChI is InChI=1S/C17H16N2O/c1-12-2-6-15(7-3-12)20-16-8-9-17-13(10-16)4-5-14(11-18)19-17/h2-10H,11,18H2,1H3. The zero-order chi connectivity index (χ0) is 13.9. The van der Waals surface area contributed by atoms with Crippen molar-refractivity contribution in [2.45, 2.75) is 13.5 Å². The topological polar surface area (TPSA) is 48.1 Å². The van der Waals surface area contributed by atoms with E-state index in [2.05, 4.69) is 11.9 Å². The Balaban J connectivity index is 1.90. The van der Waals surface area contributed by atoms with Gasteiger partial charge in [0.05, 0.1) is 11.2 Å². The molecule has 2 N–H and O–H groups in total. The number of benzene rings is 2. The van der Waals surface area contributed by atoms with E-state index in [-0.39, 0.29) is 0 Å². The average Bonchev–Trinajstić information content (AvgIpc) is 2.49. The lowest BCUT2D eigenvalue weighted by Crippen LogP contribution is -1.99. The van der Waals surface area contributed by atoms with E-state index in [1.807, 2.05) is 54.6 Å². The van der Waals surface area contributed by atoms with Crippen molar-refractivity contribution in [3.05, 3.63) is 65.9 Å². The Morgan fingerprint density at radius 1 is 0.950 bits per heavy atom. The highest BCUT2D eigenvalue weighted by Crippen LogP contribution is 2.25. The lowest BCUT2D eigenvalue weighted by molar-refractivity contribution is 0.483. The van der Waals surface area contributed by atoms with Gasteiger partial charge in [-0.3, -0.25) is 4.98 Å². The van der Waals surface area contributed by atoms with Crippen molar-refractivity contribution in [2.24, 2.45) is 5.73 Å². The molecule has 0 saturated heterocycles. The monoisotopic (exact) mass is 264 g/mol. The quantitative estimate of drug-likeness (QED) is 0.782. The maximum atomic E-state index is 5.85. The number of aryl methyl sites for hydroxylation is 1. The lowest BCUT2D eigenvalue weighted by atomic mass is 10.2. The van der Waals surface area contributed by atoms with Gasteiger partial charge in [0, 0.05) is 11.9 Å². The number of fused-ring (bicyclic) bond motifs is 1. The predicted molar refractivity (Wildman–Crippen MR) is 80.9 cm³/mol. The molecule has 3 nitrogen and oxygen atoms in total. The molecule has 0 unspecified atom stereocenters. The van der Waals surface area contributed by atoms with Gasteiger partial charge in [0.25, 0.3) is 0 Å². The van der Waals surface area contributed by atoms with Crippen LogP contribution in [0.25, 0.3) is 10.9 Å². The van der Waals surface area contributed by atoms with Crippen LogP contribution in [0, 0.1) is 6.92 Å². The summed E-state index contributed by atoms with van der Waals surface area (Å²) in [5.41, 5.74) is 8.64. The number of hydrogen-bond donors (Lipinski definition) is 1. The number of ether oxygens (including phenoxy) is 1. The molecule has 3 heteroatoms. The molecular weight excluding hydrogens is 248 g/mol. The van der Waals surface area contributed by atoms with E-state index in [1.165, 1.54) is 5.56 Å². The Bertz CT molecular complexity index is 736. The Kier molecular flexibility index (Phi) is 3.35. The lowest BCUT2D eigenvalue weighted by Gasteiger charge is -2.07. The van der Waals surface area contributed by atoms with Gasteiger partial charge in [0.15, 0.2) is 0 Å². The van der Waals surface area contributed by atoms with Crippen molar-refractivity contribution in [3.8, 4) is 11.5 Å². The smallest absolute Gasteiger partial charge is 0.128 e. The van der Waals surface area contributed by atoms with Crippen molar-refractivity contribution >= 4 is 10.9 Å². The summed E-state index contributed by atoms with van der Waals surface area (Å²) in [6, 6.07) is 17.8. The fourth-order valence-electron chi connectivity index (χ4n) is 2.07. The van der Waals surface area contributed by atoms with Gasteiger partial charge in [-0.15, -0.1) is 0 Å². The average molecular weight is 264 g/mol. The number of aromatic nitrogens is 1. The van der Waals surface area contributed by atoms with Crippen LogP contribution in [-0.4, -0.2) is 4.98 Å². The molecular formula is C17H16N2O. The Hall–Kier alpha value is -2.39. The maximum absolute atomic E-state index is 5.85. The molecule has 1 heterocycles. The molecule has 3 rings (SSSR count). The van der Waals surface area contributed by atoms with Crippen molar-refractivity contribution in [3.63, 3.8) is 0 Å². The van der Waals surface area contributed by atoms with Crippen LogP contribution in [0.1, 0.15) is 11.3 Å². The highest BCUT2D eigenvalue weighted by Gasteiger charge is 2.01. The summed E-state index contributed by atoms with van der Waals surface area (Å²) in [6.07, 6.45) is 0. The van der Waals surface area contributed by atoms with Crippen molar-refractivity contribution in [1.29, 1.82) is 0 Å². The van der Waals surface area contributed by atoms with Gasteiger partial charge >= 0.3 is 0 Å². The Morgan fingerprint density at radius 3 is 2.45 bits per heavy atom. The zero-order valence-electron chi connectivity index (χ0n) is 11.3. The Morgan fingerprint density at radius 2 is 1.70 bits per heavy atom. The van der Waals surface area contributed by atoms with Crippen LogP contribution in [0.15, 0.2) is 54.6 Å². The minimum absolute atomic E-state index is 0.456. The molecule has 0 spiro atoms. The first kappa shape index (κ1) is 12.6. The van der Waals surface area contributed by atoms with Crippen molar-refractivity contribution < 1.29 is 4.74 Å². The molecule has 0 saturated carbocycles. The first-order valence-corrected chi connectivity index (χ1v) is 6.59. The van der Waals surface area contributed by atoms with Gasteiger partial charge in [0.1, 0.15) is 11.5 Å². The summed E-state index contributed by atoms with van der Waals surface area (Å²) in [4.78, 5) is 4.47. The minimum atomic E-state index is 0.456. The molecule has 0 aliphatic carbocycles. The van der Waals surface area contributed by atoms with Crippen LogP contribution < -0.4 is 10.5 Å². The largest absolute Gasteiger partial charge is 0.457 e. The molecule has 0 aliphatic rings. The predicted octanol–water partition coefficient (Wildman–Crippen LogP) is 3.79. The van der Waals surface area contributed by atoms with Crippen LogP contribution in [-0.2, 0) is 6.54 Å².